The summed E-state index contributed by atoms with van der Waals surface area (Å²) in [7, 11) is 0. The average molecular weight is 272 g/mol. The number of para-hydroxylation sites is 1. The number of rotatable bonds is 4. The molecule has 1 aromatic heterocycles. The number of furan rings is 1. The Labute approximate surface area is 117 Å². The van der Waals surface area contributed by atoms with Gasteiger partial charge in [-0.1, -0.05) is 12.1 Å². The molecule has 0 spiro atoms. The van der Waals surface area contributed by atoms with Crippen LogP contribution in [0.25, 0.3) is 0 Å². The second-order valence-corrected chi connectivity index (χ2v) is 5.47. The molecule has 0 atom stereocenters. The topological polar surface area (TPSA) is 48.7 Å². The third-order valence-corrected chi connectivity index (χ3v) is 3.21. The maximum atomic E-state index is 11.8. The lowest BCUT2D eigenvalue weighted by atomic mass is 10.0. The van der Waals surface area contributed by atoms with Crippen molar-refractivity contribution >= 4 is 5.78 Å². The van der Waals surface area contributed by atoms with Gasteiger partial charge in [0.25, 0.3) is 0 Å². The number of Topliss-reactive ketones (excluding diaryl/α,β-unsaturated/α-hetero) is 1. The van der Waals surface area contributed by atoms with Crippen molar-refractivity contribution in [3.8, 4) is 11.5 Å². The summed E-state index contributed by atoms with van der Waals surface area (Å²) in [6.45, 7) is 4.00. The Morgan fingerprint density at radius 3 is 2.90 bits per heavy atom. The molecule has 4 heteroatoms. The smallest absolute Gasteiger partial charge is 0.235 e. The Kier molecular flexibility index (Phi) is 3.01. The van der Waals surface area contributed by atoms with E-state index in [1.165, 1.54) is 6.26 Å². The van der Waals surface area contributed by atoms with Crippen LogP contribution >= 0.6 is 0 Å². The van der Waals surface area contributed by atoms with E-state index in [2.05, 4.69) is 0 Å². The summed E-state index contributed by atoms with van der Waals surface area (Å²) in [6.07, 6.45) is 2.31. The van der Waals surface area contributed by atoms with Crippen LogP contribution in [0.5, 0.6) is 11.5 Å². The molecule has 1 aliphatic rings. The highest BCUT2D eigenvalue weighted by Crippen LogP contribution is 2.41. The van der Waals surface area contributed by atoms with Gasteiger partial charge in [-0.3, -0.25) is 4.79 Å². The molecule has 2 heterocycles. The number of ketones is 1. The lowest BCUT2D eigenvalue weighted by Gasteiger charge is -2.18. The Hall–Kier alpha value is -2.23. The molecule has 0 aliphatic carbocycles. The van der Waals surface area contributed by atoms with Crippen molar-refractivity contribution in [1.29, 1.82) is 0 Å². The van der Waals surface area contributed by atoms with E-state index in [0.29, 0.717) is 11.5 Å². The van der Waals surface area contributed by atoms with E-state index in [-0.39, 0.29) is 18.0 Å². The van der Waals surface area contributed by atoms with Gasteiger partial charge in [0.05, 0.1) is 6.26 Å². The minimum Gasteiger partial charge on any atom is -0.483 e. The molecule has 1 aliphatic heterocycles. The van der Waals surface area contributed by atoms with Gasteiger partial charge in [-0.05, 0) is 32.0 Å². The van der Waals surface area contributed by atoms with Gasteiger partial charge in [0.1, 0.15) is 5.60 Å². The molecule has 3 rings (SSSR count). The molecule has 0 fully saturated rings. The number of carbonyl (C=O) groups is 1. The molecule has 104 valence electrons. The summed E-state index contributed by atoms with van der Waals surface area (Å²) in [5.41, 5.74) is 0.880. The van der Waals surface area contributed by atoms with Crippen LogP contribution in [0.1, 0.15) is 30.0 Å². The van der Waals surface area contributed by atoms with Crippen LogP contribution in [0.3, 0.4) is 0 Å². The number of benzene rings is 1. The quantitative estimate of drug-likeness (QED) is 0.802. The second-order valence-electron chi connectivity index (χ2n) is 5.47. The highest BCUT2D eigenvalue weighted by Gasteiger charge is 2.32. The molecule has 0 bridgehead atoms. The van der Waals surface area contributed by atoms with E-state index >= 15 is 0 Å². The highest BCUT2D eigenvalue weighted by atomic mass is 16.5. The van der Waals surface area contributed by atoms with E-state index < -0.39 is 0 Å². The molecule has 0 saturated heterocycles. The van der Waals surface area contributed by atoms with Crippen LogP contribution < -0.4 is 9.47 Å². The van der Waals surface area contributed by atoms with Gasteiger partial charge in [-0.2, -0.15) is 0 Å². The van der Waals surface area contributed by atoms with E-state index in [1.54, 1.807) is 12.1 Å². The third-order valence-electron chi connectivity index (χ3n) is 3.21. The van der Waals surface area contributed by atoms with Crippen LogP contribution in [0.15, 0.2) is 41.0 Å². The molecule has 0 amide bonds. The first kappa shape index (κ1) is 12.8. The monoisotopic (exact) mass is 272 g/mol. The molecule has 1 aromatic carbocycles. The lowest BCUT2D eigenvalue weighted by Crippen LogP contribution is -2.24. The number of hydrogen-bond acceptors (Lipinski definition) is 4. The SMILES string of the molecule is CC1(C)Cc2cccc(OCC(=O)c3ccco3)c2O1. The minimum atomic E-state index is -0.229. The molecule has 20 heavy (non-hydrogen) atoms. The molecule has 0 saturated carbocycles. The van der Waals surface area contributed by atoms with E-state index in [4.69, 9.17) is 13.9 Å². The zero-order chi connectivity index (χ0) is 14.2. The van der Waals surface area contributed by atoms with Crippen molar-refractivity contribution in [3.63, 3.8) is 0 Å². The van der Waals surface area contributed by atoms with Gasteiger partial charge < -0.3 is 13.9 Å². The fourth-order valence-electron chi connectivity index (χ4n) is 2.35. The summed E-state index contributed by atoms with van der Waals surface area (Å²) < 4.78 is 16.5. The maximum absolute atomic E-state index is 11.8. The minimum absolute atomic E-state index is 0.0618. The summed E-state index contributed by atoms with van der Waals surface area (Å²) in [5, 5.41) is 0. The van der Waals surface area contributed by atoms with Crippen molar-refractivity contribution in [1.82, 2.24) is 0 Å². The number of fused-ring (bicyclic) bond motifs is 1. The Morgan fingerprint density at radius 1 is 1.30 bits per heavy atom. The predicted octanol–water partition coefficient (Wildman–Crippen LogP) is 3.25. The summed E-state index contributed by atoms with van der Waals surface area (Å²) in [5.74, 6) is 1.46. The van der Waals surface area contributed by atoms with Crippen molar-refractivity contribution in [3.05, 3.63) is 47.9 Å². The number of ether oxygens (including phenoxy) is 2. The molecule has 0 N–H and O–H groups in total. The zero-order valence-electron chi connectivity index (χ0n) is 11.5. The molecular formula is C16H16O4. The highest BCUT2D eigenvalue weighted by molar-refractivity contribution is 5.94. The summed E-state index contributed by atoms with van der Waals surface area (Å²) in [6, 6.07) is 9.05. The molecule has 4 nitrogen and oxygen atoms in total. The Bertz CT molecular complexity index is 626. The molecule has 2 aromatic rings. The Balaban J connectivity index is 1.74. The van der Waals surface area contributed by atoms with Gasteiger partial charge >= 0.3 is 0 Å². The van der Waals surface area contributed by atoms with Crippen LogP contribution in [-0.4, -0.2) is 18.0 Å². The van der Waals surface area contributed by atoms with Crippen LogP contribution in [0, 0.1) is 0 Å². The first-order chi connectivity index (χ1) is 9.55. The van der Waals surface area contributed by atoms with Crippen LogP contribution in [0.2, 0.25) is 0 Å². The fourth-order valence-corrected chi connectivity index (χ4v) is 2.35. The normalized spacial score (nSPS) is 15.5. The maximum Gasteiger partial charge on any atom is 0.235 e. The first-order valence-corrected chi connectivity index (χ1v) is 6.56. The summed E-state index contributed by atoms with van der Waals surface area (Å²) >= 11 is 0. The molecular weight excluding hydrogens is 256 g/mol. The third kappa shape index (κ3) is 2.41. The average Bonchev–Trinajstić information content (AvgIpc) is 3.01. The predicted molar refractivity (Wildman–Crippen MR) is 73.4 cm³/mol. The van der Waals surface area contributed by atoms with Gasteiger partial charge in [0.2, 0.25) is 5.78 Å². The molecule has 0 unspecified atom stereocenters. The van der Waals surface area contributed by atoms with Crippen molar-refractivity contribution < 1.29 is 18.7 Å². The first-order valence-electron chi connectivity index (χ1n) is 6.56. The van der Waals surface area contributed by atoms with Crippen molar-refractivity contribution in [2.45, 2.75) is 25.9 Å². The standard InChI is InChI=1S/C16H16O4/c1-16(2)9-11-5-3-6-14(15(11)20-16)19-10-12(17)13-7-4-8-18-13/h3-8H,9-10H2,1-2H3. The fraction of sp³-hybridized carbons (Fsp3) is 0.312. The number of carbonyl (C=O) groups excluding carboxylic acids is 1. The second kappa shape index (κ2) is 4.71. The Morgan fingerprint density at radius 2 is 2.15 bits per heavy atom. The van der Waals surface area contributed by atoms with Crippen molar-refractivity contribution in [2.75, 3.05) is 6.61 Å². The van der Waals surface area contributed by atoms with Crippen molar-refractivity contribution in [2.24, 2.45) is 0 Å². The largest absolute Gasteiger partial charge is 0.483 e. The zero-order valence-corrected chi connectivity index (χ0v) is 11.5. The van der Waals surface area contributed by atoms with Gasteiger partial charge in [0.15, 0.2) is 23.9 Å². The van der Waals surface area contributed by atoms with Crippen LogP contribution in [-0.2, 0) is 6.42 Å². The van der Waals surface area contributed by atoms with Crippen LogP contribution in [0.4, 0.5) is 0 Å². The summed E-state index contributed by atoms with van der Waals surface area (Å²) in [4.78, 5) is 11.8. The van der Waals surface area contributed by atoms with E-state index in [0.717, 1.165) is 17.7 Å². The molecule has 0 radical (unpaired) electrons. The van der Waals surface area contributed by atoms with E-state index in [9.17, 15) is 4.79 Å². The number of hydrogen-bond donors (Lipinski definition) is 0. The van der Waals surface area contributed by atoms with Gasteiger partial charge in [-0.15, -0.1) is 0 Å². The van der Waals surface area contributed by atoms with Gasteiger partial charge in [-0.25, -0.2) is 0 Å². The van der Waals surface area contributed by atoms with E-state index in [1.807, 2.05) is 32.0 Å². The van der Waals surface area contributed by atoms with Gasteiger partial charge in [0, 0.05) is 12.0 Å². The lowest BCUT2D eigenvalue weighted by molar-refractivity contribution is 0.0884.